The molecule has 0 spiro atoms. The van der Waals surface area contributed by atoms with Gasteiger partial charge in [0, 0.05) is 11.8 Å². The normalized spacial score (nSPS) is 10.5. The second-order valence-electron chi connectivity index (χ2n) is 6.99. The van der Waals surface area contributed by atoms with Crippen LogP contribution in [0.3, 0.4) is 0 Å². The van der Waals surface area contributed by atoms with Crippen LogP contribution < -0.4 is 11.1 Å². The highest BCUT2D eigenvalue weighted by Gasteiger charge is 2.29. The Morgan fingerprint density at radius 3 is 2.39 bits per heavy atom. The van der Waals surface area contributed by atoms with Crippen molar-refractivity contribution < 1.29 is 28.3 Å². The molecule has 1 aromatic carbocycles. The average molecular weight is 452 g/mol. The lowest BCUT2D eigenvalue weighted by Gasteiger charge is -2.11. The Balaban J connectivity index is 2.14. The summed E-state index contributed by atoms with van der Waals surface area (Å²) in [6.45, 7) is 6.96. The number of nitrogens with two attached hydrogens (primary N) is 1. The van der Waals surface area contributed by atoms with Crippen LogP contribution in [0.1, 0.15) is 56.2 Å². The summed E-state index contributed by atoms with van der Waals surface area (Å²) in [5.41, 5.74) is 6.94. The lowest BCUT2D eigenvalue weighted by atomic mass is 10.1. The number of nitrogens with one attached hydrogen (secondary N) is 1. The van der Waals surface area contributed by atoms with Gasteiger partial charge in [-0.1, -0.05) is 23.8 Å². The first-order valence-electron chi connectivity index (χ1n) is 10.2. The third-order valence-electron chi connectivity index (χ3n) is 4.60. The molecule has 0 unspecified atom stereocenters. The third kappa shape index (κ3) is 5.00. The minimum absolute atomic E-state index is 0.00964. The first-order valence-corrected chi connectivity index (χ1v) is 10.2. The van der Waals surface area contributed by atoms with E-state index in [4.69, 9.17) is 19.6 Å². The highest BCUT2D eigenvalue weighted by molar-refractivity contribution is 6.09. The highest BCUT2D eigenvalue weighted by atomic mass is 16.5. The molecule has 0 fully saturated rings. The molecule has 0 saturated carbocycles. The van der Waals surface area contributed by atoms with Gasteiger partial charge in [0.25, 0.3) is 5.91 Å². The van der Waals surface area contributed by atoms with Crippen molar-refractivity contribution in [3.63, 3.8) is 0 Å². The van der Waals surface area contributed by atoms with E-state index < -0.39 is 17.8 Å². The van der Waals surface area contributed by atoms with Crippen molar-refractivity contribution in [1.29, 1.82) is 0 Å². The van der Waals surface area contributed by atoms with Crippen LogP contribution in [0.2, 0.25) is 0 Å². The molecule has 0 aliphatic rings. The number of hydrogen-bond donors (Lipinski definition) is 2. The molecule has 0 atom stereocenters. The number of aryl methyl sites for hydroxylation is 2. The van der Waals surface area contributed by atoms with E-state index in [1.54, 1.807) is 13.8 Å². The van der Waals surface area contributed by atoms with Gasteiger partial charge in [-0.2, -0.15) is 0 Å². The zero-order valence-electron chi connectivity index (χ0n) is 18.7. The van der Waals surface area contributed by atoms with Crippen LogP contribution in [0.15, 0.2) is 34.9 Å². The molecule has 0 bridgehead atoms. The molecule has 3 aromatic rings. The number of esters is 2. The molecule has 172 valence electrons. The van der Waals surface area contributed by atoms with Crippen molar-refractivity contribution >= 4 is 29.5 Å². The van der Waals surface area contributed by atoms with E-state index in [9.17, 15) is 14.4 Å². The van der Waals surface area contributed by atoms with Gasteiger partial charge >= 0.3 is 11.9 Å². The number of hydrogen-bond acceptors (Lipinski definition) is 9. The maximum absolute atomic E-state index is 12.5. The van der Waals surface area contributed by atoms with Crippen LogP contribution in [0.4, 0.5) is 11.7 Å². The van der Waals surface area contributed by atoms with Gasteiger partial charge in [0.05, 0.1) is 13.2 Å². The lowest BCUT2D eigenvalue weighted by Crippen LogP contribution is -2.18. The first kappa shape index (κ1) is 23.5. The Morgan fingerprint density at radius 2 is 1.76 bits per heavy atom. The fourth-order valence-electron chi connectivity index (χ4n) is 3.18. The monoisotopic (exact) mass is 452 g/mol. The van der Waals surface area contributed by atoms with Crippen molar-refractivity contribution in [2.75, 3.05) is 18.5 Å². The zero-order valence-corrected chi connectivity index (χ0v) is 18.7. The fraction of sp³-hybridized carbons (Fsp3) is 0.261. The summed E-state index contributed by atoms with van der Waals surface area (Å²) in [6.07, 6.45) is 1.32. The Labute approximate surface area is 190 Å². The van der Waals surface area contributed by atoms with Gasteiger partial charge in [-0.15, -0.1) is 0 Å². The first-order chi connectivity index (χ1) is 15.8. The third-order valence-corrected chi connectivity index (χ3v) is 4.60. The van der Waals surface area contributed by atoms with Crippen LogP contribution in [0.5, 0.6) is 0 Å². The number of rotatable bonds is 8. The molecule has 0 aliphatic heterocycles. The Morgan fingerprint density at radius 1 is 1.06 bits per heavy atom. The predicted molar refractivity (Wildman–Crippen MR) is 119 cm³/mol. The molecular formula is C23H24N4O6. The molecular weight excluding hydrogens is 428 g/mol. The van der Waals surface area contributed by atoms with E-state index in [1.807, 2.05) is 31.2 Å². The molecule has 3 N–H and O–H groups in total. The predicted octanol–water partition coefficient (Wildman–Crippen LogP) is 3.55. The summed E-state index contributed by atoms with van der Waals surface area (Å²) >= 11 is 0. The molecule has 3 rings (SSSR count). The van der Waals surface area contributed by atoms with E-state index in [1.165, 1.54) is 13.1 Å². The topological polar surface area (TPSA) is 147 Å². The Kier molecular flexibility index (Phi) is 7.07. The van der Waals surface area contributed by atoms with Crippen LogP contribution in [0, 0.1) is 13.8 Å². The number of nitrogens with zero attached hydrogens (tertiary/aromatic N) is 2. The molecule has 33 heavy (non-hydrogen) atoms. The second-order valence-corrected chi connectivity index (χ2v) is 6.99. The molecule has 2 heterocycles. The molecule has 0 radical (unpaired) electrons. The van der Waals surface area contributed by atoms with Crippen molar-refractivity contribution in [3.05, 3.63) is 58.5 Å². The summed E-state index contributed by atoms with van der Waals surface area (Å²) in [7, 11) is 0. The number of amides is 1. The van der Waals surface area contributed by atoms with E-state index in [0.717, 1.165) is 5.56 Å². The minimum atomic E-state index is -0.914. The standard InChI is InChI=1S/C23H24N4O6/c1-5-31-22(29)15-11-25-19(14-9-7-8-12(3)10-14)26-20(15)27-21-17(18(24)28)16(13(4)33-21)23(30)32-6-2/h7-11H,5-6H2,1-4H3,(H2,24,28)(H,25,26,27). The molecule has 1 amide bonds. The Bertz CT molecular complexity index is 1220. The quantitative estimate of drug-likeness (QED) is 0.490. The van der Waals surface area contributed by atoms with Gasteiger partial charge in [-0.05, 0) is 33.8 Å². The summed E-state index contributed by atoms with van der Waals surface area (Å²) in [4.78, 5) is 45.8. The van der Waals surface area contributed by atoms with Crippen LogP contribution in [-0.4, -0.2) is 41.0 Å². The number of furan rings is 1. The maximum atomic E-state index is 12.5. The summed E-state index contributed by atoms with van der Waals surface area (Å²) in [6, 6.07) is 7.49. The fourth-order valence-corrected chi connectivity index (χ4v) is 3.18. The molecule has 10 nitrogen and oxygen atoms in total. The number of carbonyl (C=O) groups is 3. The van der Waals surface area contributed by atoms with E-state index in [2.05, 4.69) is 15.3 Å². The minimum Gasteiger partial charge on any atom is -0.462 e. The van der Waals surface area contributed by atoms with E-state index >= 15 is 0 Å². The second kappa shape index (κ2) is 9.94. The van der Waals surface area contributed by atoms with Crippen molar-refractivity contribution in [2.24, 2.45) is 5.73 Å². The zero-order chi connectivity index (χ0) is 24.1. The van der Waals surface area contributed by atoms with Gasteiger partial charge in [-0.25, -0.2) is 19.6 Å². The molecule has 0 saturated heterocycles. The van der Waals surface area contributed by atoms with E-state index in [0.29, 0.717) is 11.4 Å². The Hall–Kier alpha value is -4.21. The number of ether oxygens (including phenoxy) is 2. The van der Waals surface area contributed by atoms with Gasteiger partial charge < -0.3 is 24.9 Å². The van der Waals surface area contributed by atoms with Crippen molar-refractivity contribution in [3.8, 4) is 11.4 Å². The number of anilines is 2. The van der Waals surface area contributed by atoms with Crippen molar-refractivity contribution in [2.45, 2.75) is 27.7 Å². The van der Waals surface area contributed by atoms with E-state index in [-0.39, 0.29) is 47.4 Å². The number of carbonyl (C=O) groups excluding carboxylic acids is 3. The number of aromatic nitrogens is 2. The van der Waals surface area contributed by atoms with Crippen LogP contribution in [-0.2, 0) is 9.47 Å². The number of primary amides is 1. The molecule has 10 heteroatoms. The van der Waals surface area contributed by atoms with Gasteiger partial charge in [0.2, 0.25) is 5.88 Å². The summed E-state index contributed by atoms with van der Waals surface area (Å²) in [5.74, 6) is -2.03. The van der Waals surface area contributed by atoms with Gasteiger partial charge in [0.1, 0.15) is 22.5 Å². The SMILES string of the molecule is CCOC(=O)c1cnc(-c2cccc(C)c2)nc1Nc1oc(C)c(C(=O)OCC)c1C(N)=O. The van der Waals surface area contributed by atoms with Gasteiger partial charge in [0.15, 0.2) is 11.6 Å². The van der Waals surface area contributed by atoms with Crippen LogP contribution in [0.25, 0.3) is 11.4 Å². The molecule has 2 aromatic heterocycles. The van der Waals surface area contributed by atoms with Crippen molar-refractivity contribution in [1.82, 2.24) is 9.97 Å². The lowest BCUT2D eigenvalue weighted by molar-refractivity contribution is 0.0514. The highest BCUT2D eigenvalue weighted by Crippen LogP contribution is 2.31. The number of benzene rings is 1. The molecule has 0 aliphatic carbocycles. The summed E-state index contributed by atoms with van der Waals surface area (Å²) in [5, 5.41) is 2.82. The largest absolute Gasteiger partial charge is 0.462 e. The van der Waals surface area contributed by atoms with Gasteiger partial charge in [-0.3, -0.25) is 4.79 Å². The average Bonchev–Trinajstić information content (AvgIpc) is 3.10. The smallest absolute Gasteiger partial charge is 0.343 e. The maximum Gasteiger partial charge on any atom is 0.343 e. The van der Waals surface area contributed by atoms with Crippen LogP contribution >= 0.6 is 0 Å². The summed E-state index contributed by atoms with van der Waals surface area (Å²) < 4.78 is 15.7.